The van der Waals surface area contributed by atoms with Crippen LogP contribution in [-0.4, -0.2) is 17.3 Å². The molecule has 0 spiro atoms. The van der Waals surface area contributed by atoms with Crippen LogP contribution in [0.3, 0.4) is 0 Å². The molecule has 4 rings (SSSR count). The summed E-state index contributed by atoms with van der Waals surface area (Å²) in [6, 6.07) is 10.1. The fourth-order valence-electron chi connectivity index (χ4n) is 4.22. The van der Waals surface area contributed by atoms with Crippen LogP contribution in [0, 0.1) is 17.2 Å². The molecule has 1 unspecified atom stereocenters. The zero-order valence-corrected chi connectivity index (χ0v) is 14.8. The number of methoxy groups -OCH3 is 1. The van der Waals surface area contributed by atoms with E-state index in [-0.39, 0.29) is 11.8 Å². The van der Waals surface area contributed by atoms with Crippen LogP contribution in [0.4, 0.5) is 0 Å². The summed E-state index contributed by atoms with van der Waals surface area (Å²) in [6.45, 7) is 0. The number of allylic oxidation sites excluding steroid dienone is 1. The molecule has 0 saturated heterocycles. The number of hydrogen-bond acceptors (Lipinski definition) is 5. The van der Waals surface area contributed by atoms with Gasteiger partial charge in [0.1, 0.15) is 11.8 Å². The minimum atomic E-state index is -0.0796. The number of H-pyrrole nitrogens is 1. The van der Waals surface area contributed by atoms with E-state index in [0.29, 0.717) is 17.4 Å². The van der Waals surface area contributed by atoms with Crippen LogP contribution in [-0.2, 0) is 0 Å². The van der Waals surface area contributed by atoms with Crippen LogP contribution in [0.2, 0.25) is 0 Å². The number of rotatable bonds is 3. The average molecular weight is 350 g/mol. The second-order valence-corrected chi connectivity index (χ2v) is 6.92. The summed E-state index contributed by atoms with van der Waals surface area (Å²) in [7, 11) is 1.65. The van der Waals surface area contributed by atoms with E-state index in [1.807, 2.05) is 24.3 Å². The third-order valence-electron chi connectivity index (χ3n) is 5.46. The van der Waals surface area contributed by atoms with Crippen molar-refractivity contribution >= 4 is 0 Å². The zero-order chi connectivity index (χ0) is 18.1. The topological polar surface area (TPSA) is 97.0 Å². The minimum absolute atomic E-state index is 0.0796. The average Bonchev–Trinajstić information content (AvgIpc) is 3.10. The van der Waals surface area contributed by atoms with Crippen molar-refractivity contribution in [1.29, 1.82) is 5.26 Å². The van der Waals surface area contributed by atoms with E-state index < -0.39 is 0 Å². The Bertz CT molecular complexity index is 887. The lowest BCUT2D eigenvalue weighted by atomic mass is 9.72. The Morgan fingerprint density at radius 2 is 2.12 bits per heavy atom. The smallest absolute Gasteiger partial charge is 0.244 e. The van der Waals surface area contributed by atoms with Gasteiger partial charge in [0, 0.05) is 11.5 Å². The Kier molecular flexibility index (Phi) is 4.29. The largest absolute Gasteiger partial charge is 0.497 e. The van der Waals surface area contributed by atoms with Gasteiger partial charge in [-0.3, -0.25) is 5.10 Å². The Labute approximate surface area is 152 Å². The highest BCUT2D eigenvalue weighted by Crippen LogP contribution is 2.49. The second kappa shape index (κ2) is 6.75. The molecule has 3 N–H and O–H groups in total. The maximum Gasteiger partial charge on any atom is 0.244 e. The Morgan fingerprint density at radius 3 is 2.85 bits per heavy atom. The zero-order valence-electron chi connectivity index (χ0n) is 14.8. The number of hydrogen-bond donors (Lipinski definition) is 2. The lowest BCUT2D eigenvalue weighted by molar-refractivity contribution is 0.297. The summed E-state index contributed by atoms with van der Waals surface area (Å²) in [6.07, 6.45) is 5.79. The first-order valence-corrected chi connectivity index (χ1v) is 9.03. The van der Waals surface area contributed by atoms with Crippen molar-refractivity contribution in [2.45, 2.75) is 38.0 Å². The van der Waals surface area contributed by atoms with E-state index in [4.69, 9.17) is 15.2 Å². The molecule has 2 aliphatic rings. The van der Waals surface area contributed by atoms with Crippen molar-refractivity contribution in [3.05, 3.63) is 41.3 Å². The first-order valence-electron chi connectivity index (χ1n) is 9.03. The quantitative estimate of drug-likeness (QED) is 0.876. The van der Waals surface area contributed by atoms with Gasteiger partial charge in [0.2, 0.25) is 11.8 Å². The molecule has 1 fully saturated rings. The number of aromatic nitrogens is 2. The van der Waals surface area contributed by atoms with Gasteiger partial charge in [-0.2, -0.15) is 5.26 Å². The lowest BCUT2D eigenvalue weighted by Crippen LogP contribution is -2.26. The highest BCUT2D eigenvalue weighted by molar-refractivity contribution is 5.70. The van der Waals surface area contributed by atoms with Crippen LogP contribution in [0.5, 0.6) is 11.6 Å². The summed E-state index contributed by atoms with van der Waals surface area (Å²) in [5.41, 5.74) is 9.35. The fraction of sp³-hybridized carbons (Fsp3) is 0.400. The number of ether oxygens (including phenoxy) is 2. The van der Waals surface area contributed by atoms with Gasteiger partial charge in [0.05, 0.1) is 23.9 Å². The molecule has 0 amide bonds. The molecule has 6 nitrogen and oxygen atoms in total. The van der Waals surface area contributed by atoms with Crippen LogP contribution >= 0.6 is 0 Å². The molecule has 2 aromatic rings. The minimum Gasteiger partial charge on any atom is -0.497 e. The van der Waals surface area contributed by atoms with Gasteiger partial charge in [-0.15, -0.1) is 5.10 Å². The van der Waals surface area contributed by atoms with Crippen LogP contribution in [0.25, 0.3) is 11.3 Å². The molecule has 134 valence electrons. The number of fused-ring (bicyclic) bond motifs is 1. The summed E-state index contributed by atoms with van der Waals surface area (Å²) in [5, 5.41) is 17.2. The van der Waals surface area contributed by atoms with Gasteiger partial charge in [-0.05, 0) is 30.9 Å². The highest BCUT2D eigenvalue weighted by atomic mass is 16.5. The molecule has 1 atom stereocenters. The van der Waals surface area contributed by atoms with Crippen molar-refractivity contribution in [3.8, 4) is 29.0 Å². The van der Waals surface area contributed by atoms with Crippen LogP contribution in [0.1, 0.15) is 43.6 Å². The molecule has 1 aromatic carbocycles. The van der Waals surface area contributed by atoms with Crippen molar-refractivity contribution in [2.24, 2.45) is 11.7 Å². The van der Waals surface area contributed by atoms with E-state index >= 15 is 0 Å². The second-order valence-electron chi connectivity index (χ2n) is 6.92. The molecule has 2 heterocycles. The van der Waals surface area contributed by atoms with Gasteiger partial charge in [-0.25, -0.2) is 0 Å². The monoisotopic (exact) mass is 350 g/mol. The number of benzene rings is 1. The predicted molar refractivity (Wildman–Crippen MR) is 97.3 cm³/mol. The Hall–Kier alpha value is -2.94. The lowest BCUT2D eigenvalue weighted by Gasteiger charge is -2.33. The van der Waals surface area contributed by atoms with Gasteiger partial charge in [0.25, 0.3) is 0 Å². The summed E-state index contributed by atoms with van der Waals surface area (Å²) in [5.74, 6) is 1.73. The van der Waals surface area contributed by atoms with E-state index in [2.05, 4.69) is 16.3 Å². The SMILES string of the molecule is COc1cccc(-c2[nH]nc3c2C(C2CCCCC2)C(C#N)=C(N)O3)c1. The fourth-order valence-corrected chi connectivity index (χ4v) is 4.22. The molecule has 1 aliphatic heterocycles. The maximum atomic E-state index is 9.75. The van der Waals surface area contributed by atoms with E-state index in [9.17, 15) is 5.26 Å². The van der Waals surface area contributed by atoms with Crippen molar-refractivity contribution in [1.82, 2.24) is 10.2 Å². The van der Waals surface area contributed by atoms with Crippen molar-refractivity contribution < 1.29 is 9.47 Å². The molecular weight excluding hydrogens is 328 g/mol. The van der Waals surface area contributed by atoms with Crippen LogP contribution in [0.15, 0.2) is 35.7 Å². The van der Waals surface area contributed by atoms with Crippen molar-refractivity contribution in [3.63, 3.8) is 0 Å². The normalized spacial score (nSPS) is 20.2. The first kappa shape index (κ1) is 16.5. The van der Waals surface area contributed by atoms with Crippen LogP contribution < -0.4 is 15.2 Å². The molecule has 1 aliphatic carbocycles. The number of nitrogens with zero attached hydrogens (tertiary/aromatic N) is 2. The third-order valence-corrected chi connectivity index (χ3v) is 5.46. The standard InChI is InChI=1S/C20H22N4O2/c1-25-14-9-5-8-13(10-14)18-17-16(12-6-3-2-4-7-12)15(11-21)19(22)26-20(17)24-23-18/h5,8-10,12,16H,2-4,6-7,22H2,1H3,(H,23,24). The van der Waals surface area contributed by atoms with Gasteiger partial charge >= 0.3 is 0 Å². The van der Waals surface area contributed by atoms with Crippen molar-refractivity contribution in [2.75, 3.05) is 7.11 Å². The summed E-state index contributed by atoms with van der Waals surface area (Å²) < 4.78 is 11.0. The molecule has 6 heteroatoms. The number of aromatic amines is 1. The first-order chi connectivity index (χ1) is 12.7. The number of nitriles is 1. The molecule has 0 bridgehead atoms. The predicted octanol–water partition coefficient (Wildman–Crippen LogP) is 3.84. The van der Waals surface area contributed by atoms with E-state index in [0.717, 1.165) is 35.4 Å². The highest BCUT2D eigenvalue weighted by Gasteiger charge is 2.39. The van der Waals surface area contributed by atoms with E-state index in [1.54, 1.807) is 7.11 Å². The van der Waals surface area contributed by atoms with E-state index in [1.165, 1.54) is 19.3 Å². The van der Waals surface area contributed by atoms with Gasteiger partial charge in [0.15, 0.2) is 0 Å². The number of nitrogens with one attached hydrogen (secondary N) is 1. The molecule has 26 heavy (non-hydrogen) atoms. The molecular formula is C20H22N4O2. The molecule has 1 aromatic heterocycles. The molecule has 0 radical (unpaired) electrons. The molecule has 1 saturated carbocycles. The maximum absolute atomic E-state index is 9.75. The number of nitrogens with two attached hydrogens (primary N) is 1. The van der Waals surface area contributed by atoms with Gasteiger partial charge < -0.3 is 15.2 Å². The Morgan fingerprint density at radius 1 is 1.31 bits per heavy atom. The third kappa shape index (κ3) is 2.70. The summed E-state index contributed by atoms with van der Waals surface area (Å²) in [4.78, 5) is 0. The summed E-state index contributed by atoms with van der Waals surface area (Å²) >= 11 is 0. The van der Waals surface area contributed by atoms with Gasteiger partial charge in [-0.1, -0.05) is 31.4 Å². The Balaban J connectivity index is 1.84.